The predicted octanol–water partition coefficient (Wildman–Crippen LogP) is 4.66. The van der Waals surface area contributed by atoms with E-state index in [1.165, 1.54) is 23.9 Å². The molecule has 0 fully saturated rings. The lowest BCUT2D eigenvalue weighted by Crippen LogP contribution is -2.23. The van der Waals surface area contributed by atoms with Gasteiger partial charge in [0, 0.05) is 29.5 Å². The van der Waals surface area contributed by atoms with Crippen LogP contribution in [0.25, 0.3) is 10.9 Å². The first-order valence-electron chi connectivity index (χ1n) is 8.06. The van der Waals surface area contributed by atoms with Crippen LogP contribution in [-0.2, 0) is 12.3 Å². The molecular formula is C18H16ClN3O3S. The number of aromatic nitrogens is 2. The van der Waals surface area contributed by atoms with Crippen LogP contribution in [0.2, 0.25) is 5.02 Å². The molecule has 8 heteroatoms. The molecule has 26 heavy (non-hydrogen) atoms. The molecule has 2 aromatic carbocycles. The third-order valence-electron chi connectivity index (χ3n) is 3.84. The van der Waals surface area contributed by atoms with Crippen LogP contribution in [0.5, 0.6) is 0 Å². The van der Waals surface area contributed by atoms with E-state index in [4.69, 9.17) is 11.6 Å². The molecule has 0 aliphatic heterocycles. The second-order valence-corrected chi connectivity index (χ2v) is 7.10. The number of benzene rings is 2. The molecule has 0 aliphatic rings. The predicted molar refractivity (Wildman–Crippen MR) is 104 cm³/mol. The van der Waals surface area contributed by atoms with Crippen molar-refractivity contribution < 1.29 is 4.92 Å². The zero-order valence-electron chi connectivity index (χ0n) is 14.0. The van der Waals surface area contributed by atoms with Gasteiger partial charge in [-0.25, -0.2) is 4.98 Å². The van der Waals surface area contributed by atoms with E-state index in [0.717, 1.165) is 12.0 Å². The Bertz CT molecular complexity index is 1020. The van der Waals surface area contributed by atoms with E-state index < -0.39 is 4.92 Å². The van der Waals surface area contributed by atoms with Crippen LogP contribution in [0.1, 0.15) is 18.9 Å². The highest BCUT2D eigenvalue weighted by Crippen LogP contribution is 2.24. The van der Waals surface area contributed by atoms with Crippen molar-refractivity contribution in [2.24, 2.45) is 0 Å². The molecular weight excluding hydrogens is 374 g/mol. The van der Waals surface area contributed by atoms with Gasteiger partial charge in [-0.05, 0) is 30.2 Å². The monoisotopic (exact) mass is 389 g/mol. The third-order valence-corrected chi connectivity index (χ3v) is 5.13. The minimum atomic E-state index is -0.426. The number of hydrogen-bond acceptors (Lipinski definition) is 5. The largest absolute Gasteiger partial charge is 0.287 e. The topological polar surface area (TPSA) is 78.0 Å². The number of non-ortho nitro benzene ring substituents is 1. The Hall–Kier alpha value is -2.38. The van der Waals surface area contributed by atoms with Crippen molar-refractivity contribution in [1.82, 2.24) is 9.55 Å². The lowest BCUT2D eigenvalue weighted by Gasteiger charge is -2.12. The molecule has 3 rings (SSSR count). The van der Waals surface area contributed by atoms with Crippen LogP contribution in [0.15, 0.2) is 52.4 Å². The van der Waals surface area contributed by atoms with Gasteiger partial charge in [0.05, 0.1) is 15.8 Å². The van der Waals surface area contributed by atoms with Crippen molar-refractivity contribution in [3.63, 3.8) is 0 Å². The number of nitro benzene ring substituents is 1. The molecule has 6 nitrogen and oxygen atoms in total. The fourth-order valence-electron chi connectivity index (χ4n) is 2.57. The van der Waals surface area contributed by atoms with Gasteiger partial charge in [-0.3, -0.25) is 19.5 Å². The van der Waals surface area contributed by atoms with E-state index in [1.807, 2.05) is 6.92 Å². The summed E-state index contributed by atoms with van der Waals surface area (Å²) < 4.78 is 1.67. The molecule has 0 saturated heterocycles. The van der Waals surface area contributed by atoms with Crippen LogP contribution in [0, 0.1) is 10.1 Å². The molecule has 1 aromatic heterocycles. The van der Waals surface area contributed by atoms with Crippen molar-refractivity contribution in [3.8, 4) is 0 Å². The first-order chi connectivity index (χ1) is 12.5. The van der Waals surface area contributed by atoms with Crippen molar-refractivity contribution in [3.05, 3.63) is 73.5 Å². The Labute approximate surface area is 159 Å². The van der Waals surface area contributed by atoms with Crippen LogP contribution in [0.3, 0.4) is 0 Å². The Morgan fingerprint density at radius 1 is 1.23 bits per heavy atom. The molecule has 3 aromatic rings. The molecule has 0 atom stereocenters. The summed E-state index contributed by atoms with van der Waals surface area (Å²) in [6.07, 6.45) is 0.811. The van der Waals surface area contributed by atoms with Crippen molar-refractivity contribution >= 4 is 40.0 Å². The summed E-state index contributed by atoms with van der Waals surface area (Å²) in [7, 11) is 0. The van der Waals surface area contributed by atoms with Crippen LogP contribution in [0.4, 0.5) is 5.69 Å². The lowest BCUT2D eigenvalue weighted by molar-refractivity contribution is -0.384. The average Bonchev–Trinajstić information content (AvgIpc) is 2.62. The van der Waals surface area contributed by atoms with Gasteiger partial charge >= 0.3 is 0 Å². The highest BCUT2D eigenvalue weighted by atomic mass is 35.5. The minimum Gasteiger partial charge on any atom is -0.287 e. The van der Waals surface area contributed by atoms with Gasteiger partial charge in [-0.1, -0.05) is 42.4 Å². The number of fused-ring (bicyclic) bond motifs is 1. The summed E-state index contributed by atoms with van der Waals surface area (Å²) in [5, 5.41) is 12.4. The van der Waals surface area contributed by atoms with E-state index in [9.17, 15) is 14.9 Å². The standard InChI is InChI=1S/C18H16ClN3O3S/c1-2-9-21-17(23)15-8-5-13(19)10-16(15)20-18(21)26-11-12-3-6-14(7-4-12)22(24)25/h3-8,10H,2,9,11H2,1H3. The van der Waals surface area contributed by atoms with Crippen molar-refractivity contribution in [2.45, 2.75) is 30.8 Å². The van der Waals surface area contributed by atoms with E-state index >= 15 is 0 Å². The van der Waals surface area contributed by atoms with Crippen LogP contribution >= 0.6 is 23.4 Å². The second-order valence-electron chi connectivity index (χ2n) is 5.72. The van der Waals surface area contributed by atoms with E-state index in [2.05, 4.69) is 4.98 Å². The molecule has 0 bridgehead atoms. The summed E-state index contributed by atoms with van der Waals surface area (Å²) >= 11 is 7.46. The maximum Gasteiger partial charge on any atom is 0.269 e. The number of rotatable bonds is 6. The highest BCUT2D eigenvalue weighted by Gasteiger charge is 2.12. The first-order valence-corrected chi connectivity index (χ1v) is 9.42. The highest BCUT2D eigenvalue weighted by molar-refractivity contribution is 7.98. The number of nitro groups is 1. The van der Waals surface area contributed by atoms with Gasteiger partial charge in [0.25, 0.3) is 11.2 Å². The molecule has 0 amide bonds. The molecule has 0 aliphatic carbocycles. The summed E-state index contributed by atoms with van der Waals surface area (Å²) in [6, 6.07) is 11.4. The number of halogens is 1. The van der Waals surface area contributed by atoms with E-state index in [-0.39, 0.29) is 11.2 Å². The molecule has 0 unspecified atom stereocenters. The fourth-order valence-corrected chi connectivity index (χ4v) is 3.71. The van der Waals surface area contributed by atoms with Crippen molar-refractivity contribution in [1.29, 1.82) is 0 Å². The van der Waals surface area contributed by atoms with Crippen molar-refractivity contribution in [2.75, 3.05) is 0 Å². The zero-order chi connectivity index (χ0) is 18.7. The zero-order valence-corrected chi connectivity index (χ0v) is 15.6. The van der Waals surface area contributed by atoms with E-state index in [1.54, 1.807) is 34.9 Å². The first kappa shape index (κ1) is 18.4. The number of hydrogen-bond donors (Lipinski definition) is 0. The molecule has 0 spiro atoms. The Morgan fingerprint density at radius 3 is 2.62 bits per heavy atom. The molecule has 134 valence electrons. The van der Waals surface area contributed by atoms with Gasteiger partial charge in [0.15, 0.2) is 5.16 Å². The fraction of sp³-hybridized carbons (Fsp3) is 0.222. The maximum atomic E-state index is 12.8. The van der Waals surface area contributed by atoms with Gasteiger partial charge in [-0.15, -0.1) is 0 Å². The molecule has 0 N–H and O–H groups in total. The Kier molecular flexibility index (Phi) is 5.58. The van der Waals surface area contributed by atoms with E-state index in [0.29, 0.717) is 33.4 Å². The molecule has 1 heterocycles. The Morgan fingerprint density at radius 2 is 1.96 bits per heavy atom. The lowest BCUT2D eigenvalue weighted by atomic mass is 10.2. The summed E-state index contributed by atoms with van der Waals surface area (Å²) in [6.45, 7) is 2.58. The van der Waals surface area contributed by atoms with Gasteiger partial charge in [-0.2, -0.15) is 0 Å². The van der Waals surface area contributed by atoms with Gasteiger partial charge in [0.2, 0.25) is 0 Å². The SMILES string of the molecule is CCCn1c(SCc2ccc([N+](=O)[O-])cc2)nc2cc(Cl)ccc2c1=O. The summed E-state index contributed by atoms with van der Waals surface area (Å²) in [5.41, 5.74) is 1.46. The van der Waals surface area contributed by atoms with Crippen LogP contribution < -0.4 is 5.56 Å². The van der Waals surface area contributed by atoms with Gasteiger partial charge < -0.3 is 0 Å². The quantitative estimate of drug-likeness (QED) is 0.265. The Balaban J connectivity index is 1.93. The number of thioether (sulfide) groups is 1. The third kappa shape index (κ3) is 3.89. The van der Waals surface area contributed by atoms with Crippen LogP contribution in [-0.4, -0.2) is 14.5 Å². The summed E-state index contributed by atoms with van der Waals surface area (Å²) in [4.78, 5) is 27.7. The molecule has 0 radical (unpaired) electrons. The molecule has 0 saturated carbocycles. The smallest absolute Gasteiger partial charge is 0.269 e. The normalized spacial score (nSPS) is 11.0. The number of nitrogens with zero attached hydrogens (tertiary/aromatic N) is 3. The van der Waals surface area contributed by atoms with Gasteiger partial charge in [0.1, 0.15) is 0 Å². The second kappa shape index (κ2) is 7.88. The minimum absolute atomic E-state index is 0.0557. The maximum absolute atomic E-state index is 12.8. The average molecular weight is 390 g/mol. The summed E-state index contributed by atoms with van der Waals surface area (Å²) in [5.74, 6) is 0.556.